The SMILES string of the molecule is Cc1ccccc1-c1ncc(CN2CC[C@@H](N(C)C)[C@@H](CCC(=O)O)C2)s1. The van der Waals surface area contributed by atoms with Crippen LogP contribution < -0.4 is 0 Å². The van der Waals surface area contributed by atoms with E-state index in [9.17, 15) is 4.79 Å². The Labute approximate surface area is 165 Å². The maximum Gasteiger partial charge on any atom is 0.303 e. The van der Waals surface area contributed by atoms with Gasteiger partial charge in [-0.1, -0.05) is 24.3 Å². The van der Waals surface area contributed by atoms with Crippen molar-refractivity contribution in [1.29, 1.82) is 0 Å². The van der Waals surface area contributed by atoms with E-state index in [0.29, 0.717) is 12.0 Å². The zero-order valence-electron chi connectivity index (χ0n) is 16.4. The lowest BCUT2D eigenvalue weighted by Crippen LogP contribution is -2.48. The van der Waals surface area contributed by atoms with Gasteiger partial charge in [0, 0.05) is 48.7 Å². The summed E-state index contributed by atoms with van der Waals surface area (Å²) in [5, 5.41) is 10.1. The molecule has 1 aliphatic heterocycles. The second kappa shape index (κ2) is 8.95. The van der Waals surface area contributed by atoms with Crippen LogP contribution in [0.2, 0.25) is 0 Å². The highest BCUT2D eigenvalue weighted by atomic mass is 32.1. The van der Waals surface area contributed by atoms with Crippen LogP contribution in [0.1, 0.15) is 29.7 Å². The van der Waals surface area contributed by atoms with Crippen molar-refractivity contribution in [2.24, 2.45) is 5.92 Å². The third kappa shape index (κ3) is 5.15. The van der Waals surface area contributed by atoms with Crippen LogP contribution in [0.15, 0.2) is 30.5 Å². The number of hydrogen-bond acceptors (Lipinski definition) is 5. The Morgan fingerprint density at radius 2 is 2.15 bits per heavy atom. The first kappa shape index (κ1) is 20.0. The third-order valence-electron chi connectivity index (χ3n) is 5.48. The van der Waals surface area contributed by atoms with Gasteiger partial charge < -0.3 is 10.0 Å². The summed E-state index contributed by atoms with van der Waals surface area (Å²) in [4.78, 5) is 21.7. The van der Waals surface area contributed by atoms with Crippen LogP contribution in [0, 0.1) is 12.8 Å². The number of likely N-dealkylation sites (tertiary alicyclic amines) is 1. The molecule has 2 aromatic rings. The fourth-order valence-corrected chi connectivity index (χ4v) is 5.09. The van der Waals surface area contributed by atoms with Crippen molar-refractivity contribution in [2.45, 2.75) is 38.8 Å². The Hall–Kier alpha value is -1.76. The van der Waals surface area contributed by atoms with Crippen LogP contribution in [0.3, 0.4) is 0 Å². The van der Waals surface area contributed by atoms with Crippen LogP contribution in [0.25, 0.3) is 10.6 Å². The first-order valence-corrected chi connectivity index (χ1v) is 10.4. The Morgan fingerprint density at radius 1 is 1.37 bits per heavy atom. The molecule has 2 atom stereocenters. The van der Waals surface area contributed by atoms with E-state index in [-0.39, 0.29) is 6.42 Å². The van der Waals surface area contributed by atoms with Gasteiger partial charge in [-0.05, 0) is 45.3 Å². The number of thiazole rings is 1. The molecular formula is C21H29N3O2S. The Kier molecular flexibility index (Phi) is 6.63. The highest BCUT2D eigenvalue weighted by molar-refractivity contribution is 7.15. The molecule has 0 aliphatic carbocycles. The second-order valence-corrected chi connectivity index (χ2v) is 8.81. The summed E-state index contributed by atoms with van der Waals surface area (Å²) in [6.07, 6.45) is 4.07. The first-order valence-electron chi connectivity index (χ1n) is 9.55. The van der Waals surface area contributed by atoms with Gasteiger partial charge >= 0.3 is 5.97 Å². The van der Waals surface area contributed by atoms with Crippen LogP contribution in [0.4, 0.5) is 0 Å². The van der Waals surface area contributed by atoms with Crippen LogP contribution in [-0.4, -0.2) is 59.1 Å². The predicted molar refractivity (Wildman–Crippen MR) is 110 cm³/mol. The molecule has 2 heterocycles. The largest absolute Gasteiger partial charge is 0.481 e. The van der Waals surface area contributed by atoms with E-state index in [0.717, 1.165) is 37.5 Å². The number of carbonyl (C=O) groups is 1. The molecule has 0 bridgehead atoms. The van der Waals surface area contributed by atoms with Gasteiger partial charge in [0.15, 0.2) is 0 Å². The molecule has 1 aliphatic rings. The van der Waals surface area contributed by atoms with E-state index >= 15 is 0 Å². The first-order chi connectivity index (χ1) is 12.9. The van der Waals surface area contributed by atoms with Crippen molar-refractivity contribution in [2.75, 3.05) is 27.2 Å². The number of benzene rings is 1. The number of aryl methyl sites for hydroxylation is 1. The van der Waals surface area contributed by atoms with Gasteiger partial charge in [0.05, 0.1) is 0 Å². The van der Waals surface area contributed by atoms with Gasteiger partial charge in [-0.15, -0.1) is 11.3 Å². The number of hydrogen-bond donors (Lipinski definition) is 1. The van der Waals surface area contributed by atoms with E-state index in [1.807, 2.05) is 6.20 Å². The maximum absolute atomic E-state index is 11.0. The normalized spacial score (nSPS) is 20.9. The van der Waals surface area contributed by atoms with Crippen molar-refractivity contribution >= 4 is 17.3 Å². The number of nitrogens with zero attached hydrogens (tertiary/aromatic N) is 3. The molecule has 1 N–H and O–H groups in total. The van der Waals surface area contributed by atoms with Crippen molar-refractivity contribution in [3.05, 3.63) is 40.9 Å². The van der Waals surface area contributed by atoms with Crippen LogP contribution in [0.5, 0.6) is 0 Å². The molecule has 1 aromatic heterocycles. The fourth-order valence-electron chi connectivity index (χ4n) is 4.05. The van der Waals surface area contributed by atoms with Crippen LogP contribution >= 0.6 is 11.3 Å². The molecular weight excluding hydrogens is 358 g/mol. The van der Waals surface area contributed by atoms with Gasteiger partial charge in [0.1, 0.15) is 5.01 Å². The molecule has 0 unspecified atom stereocenters. The minimum absolute atomic E-state index is 0.251. The van der Waals surface area contributed by atoms with E-state index in [1.54, 1.807) is 11.3 Å². The van der Waals surface area contributed by atoms with Crippen molar-refractivity contribution in [3.8, 4) is 10.6 Å². The zero-order valence-corrected chi connectivity index (χ0v) is 17.2. The third-order valence-corrected chi connectivity index (χ3v) is 6.49. The minimum atomic E-state index is -0.699. The molecule has 0 saturated carbocycles. The Bertz CT molecular complexity index is 774. The summed E-state index contributed by atoms with van der Waals surface area (Å²) in [5.74, 6) is -0.302. The summed E-state index contributed by atoms with van der Waals surface area (Å²) in [6, 6.07) is 8.82. The standard InChI is InChI=1S/C21H29N3O2S/c1-15-6-4-5-7-18(15)21-22-12-17(27-21)14-24-11-10-19(23(2)3)16(13-24)8-9-20(25)26/h4-7,12,16,19H,8-11,13-14H2,1-3H3,(H,25,26)/t16-,19+/m0/s1. The summed E-state index contributed by atoms with van der Waals surface area (Å²) in [7, 11) is 4.21. The lowest BCUT2D eigenvalue weighted by atomic mass is 9.87. The summed E-state index contributed by atoms with van der Waals surface area (Å²) in [6.45, 7) is 5.01. The highest BCUT2D eigenvalue weighted by Gasteiger charge is 2.31. The smallest absolute Gasteiger partial charge is 0.303 e. The molecule has 0 amide bonds. The highest BCUT2D eigenvalue weighted by Crippen LogP contribution is 2.30. The summed E-state index contributed by atoms with van der Waals surface area (Å²) < 4.78 is 0. The van der Waals surface area contributed by atoms with E-state index in [2.05, 4.69) is 60.1 Å². The summed E-state index contributed by atoms with van der Waals surface area (Å²) >= 11 is 1.76. The van der Waals surface area contributed by atoms with E-state index in [4.69, 9.17) is 5.11 Å². The molecule has 6 heteroatoms. The average Bonchev–Trinajstić information content (AvgIpc) is 3.08. The van der Waals surface area contributed by atoms with Gasteiger partial charge in [-0.2, -0.15) is 0 Å². The zero-order chi connectivity index (χ0) is 19.4. The van der Waals surface area contributed by atoms with Gasteiger partial charge in [-0.3, -0.25) is 9.69 Å². The minimum Gasteiger partial charge on any atom is -0.481 e. The van der Waals surface area contributed by atoms with Gasteiger partial charge in [0.25, 0.3) is 0 Å². The second-order valence-electron chi connectivity index (χ2n) is 7.69. The predicted octanol–water partition coefficient (Wildman–Crippen LogP) is 3.74. The number of rotatable bonds is 7. The Morgan fingerprint density at radius 3 is 2.85 bits per heavy atom. The molecule has 5 nitrogen and oxygen atoms in total. The lowest BCUT2D eigenvalue weighted by Gasteiger charge is -2.41. The Balaban J connectivity index is 1.65. The number of carboxylic acid groups (broad SMARTS) is 1. The van der Waals surface area contributed by atoms with E-state index in [1.165, 1.54) is 16.0 Å². The quantitative estimate of drug-likeness (QED) is 0.784. The molecule has 1 saturated heterocycles. The number of aromatic nitrogens is 1. The molecule has 146 valence electrons. The number of aliphatic carboxylic acids is 1. The monoisotopic (exact) mass is 387 g/mol. The van der Waals surface area contributed by atoms with Gasteiger partial charge in [0.2, 0.25) is 0 Å². The van der Waals surface area contributed by atoms with Crippen molar-refractivity contribution < 1.29 is 9.90 Å². The maximum atomic E-state index is 11.0. The average molecular weight is 388 g/mol. The fraction of sp³-hybridized carbons (Fsp3) is 0.524. The molecule has 0 radical (unpaired) electrons. The van der Waals surface area contributed by atoms with Crippen LogP contribution in [-0.2, 0) is 11.3 Å². The molecule has 0 spiro atoms. The van der Waals surface area contributed by atoms with Gasteiger partial charge in [-0.25, -0.2) is 4.98 Å². The summed E-state index contributed by atoms with van der Waals surface area (Å²) in [5.41, 5.74) is 2.46. The van der Waals surface area contributed by atoms with Crippen molar-refractivity contribution in [1.82, 2.24) is 14.8 Å². The molecule has 3 rings (SSSR count). The molecule has 1 aromatic carbocycles. The van der Waals surface area contributed by atoms with E-state index < -0.39 is 5.97 Å². The molecule has 1 fully saturated rings. The number of piperidine rings is 1. The number of carboxylic acids is 1. The van der Waals surface area contributed by atoms with Crippen molar-refractivity contribution in [3.63, 3.8) is 0 Å². The lowest BCUT2D eigenvalue weighted by molar-refractivity contribution is -0.137. The topological polar surface area (TPSA) is 56.7 Å². The molecule has 27 heavy (non-hydrogen) atoms.